The van der Waals surface area contributed by atoms with Crippen molar-refractivity contribution < 1.29 is 9.18 Å². The van der Waals surface area contributed by atoms with Crippen LogP contribution in [0.1, 0.15) is 16.9 Å². The van der Waals surface area contributed by atoms with Gasteiger partial charge in [0.15, 0.2) is 0 Å². The summed E-state index contributed by atoms with van der Waals surface area (Å²) >= 11 is 0. The Morgan fingerprint density at radius 1 is 1.08 bits per heavy atom. The van der Waals surface area contributed by atoms with E-state index in [1.165, 1.54) is 12.1 Å². The zero-order valence-corrected chi connectivity index (χ0v) is 14.2. The summed E-state index contributed by atoms with van der Waals surface area (Å²) in [7, 11) is 0. The van der Waals surface area contributed by atoms with Gasteiger partial charge in [-0.1, -0.05) is 6.07 Å². The average Bonchev–Trinajstić information content (AvgIpc) is 2.67. The summed E-state index contributed by atoms with van der Waals surface area (Å²) in [5.74, 6) is -0.322. The summed E-state index contributed by atoms with van der Waals surface area (Å²) in [4.78, 5) is 20.6. The minimum absolute atomic E-state index is 0.123. The molecule has 0 saturated carbocycles. The molecule has 0 unspecified atom stereocenters. The first-order valence-electron chi connectivity index (χ1n) is 8.64. The van der Waals surface area contributed by atoms with Crippen molar-refractivity contribution in [2.45, 2.75) is 6.42 Å². The number of piperazine rings is 1. The number of amides is 1. The van der Waals surface area contributed by atoms with E-state index in [-0.39, 0.29) is 11.7 Å². The number of carbonyl (C=O) groups is 1. The highest BCUT2D eigenvalue weighted by molar-refractivity contribution is 5.92. The fraction of sp³-hybridized carbons (Fsp3) is 0.368. The SMILES string of the molecule is O=C(NCCCN1CCN(c2ccc(F)cc2)CC1)c1ccccn1. The molecule has 1 N–H and O–H groups in total. The molecule has 2 aromatic rings. The average molecular weight is 342 g/mol. The lowest BCUT2D eigenvalue weighted by Crippen LogP contribution is -2.47. The van der Waals surface area contributed by atoms with Gasteiger partial charge in [-0.25, -0.2) is 4.39 Å². The Balaban J connectivity index is 1.34. The van der Waals surface area contributed by atoms with Crippen LogP contribution >= 0.6 is 0 Å². The largest absolute Gasteiger partial charge is 0.369 e. The third kappa shape index (κ3) is 5.00. The van der Waals surface area contributed by atoms with Gasteiger partial charge in [-0.2, -0.15) is 0 Å². The fourth-order valence-electron chi connectivity index (χ4n) is 2.97. The van der Waals surface area contributed by atoms with Crippen molar-refractivity contribution in [3.05, 3.63) is 60.2 Å². The molecule has 3 rings (SSSR count). The van der Waals surface area contributed by atoms with Gasteiger partial charge in [-0.05, 0) is 49.4 Å². The predicted molar refractivity (Wildman–Crippen MR) is 96.2 cm³/mol. The Hall–Kier alpha value is -2.47. The van der Waals surface area contributed by atoms with E-state index in [1.54, 1.807) is 18.3 Å². The van der Waals surface area contributed by atoms with Crippen molar-refractivity contribution in [1.82, 2.24) is 15.2 Å². The van der Waals surface area contributed by atoms with Crippen molar-refractivity contribution in [1.29, 1.82) is 0 Å². The lowest BCUT2D eigenvalue weighted by atomic mass is 10.2. The summed E-state index contributed by atoms with van der Waals surface area (Å²) in [6.07, 6.45) is 2.53. The Bertz CT molecular complexity index is 670. The van der Waals surface area contributed by atoms with E-state index in [0.717, 1.165) is 44.8 Å². The lowest BCUT2D eigenvalue weighted by Gasteiger charge is -2.36. The summed E-state index contributed by atoms with van der Waals surface area (Å²) in [5.41, 5.74) is 1.53. The lowest BCUT2D eigenvalue weighted by molar-refractivity contribution is 0.0946. The minimum atomic E-state index is -0.199. The van der Waals surface area contributed by atoms with E-state index in [4.69, 9.17) is 0 Å². The highest BCUT2D eigenvalue weighted by Crippen LogP contribution is 2.16. The summed E-state index contributed by atoms with van der Waals surface area (Å²) in [6, 6.07) is 12.0. The van der Waals surface area contributed by atoms with Gasteiger partial charge in [0.2, 0.25) is 0 Å². The van der Waals surface area contributed by atoms with Gasteiger partial charge >= 0.3 is 0 Å². The predicted octanol–water partition coefficient (Wildman–Crippen LogP) is 2.16. The number of hydrogen-bond donors (Lipinski definition) is 1. The van der Waals surface area contributed by atoms with Crippen molar-refractivity contribution in [3.63, 3.8) is 0 Å². The molecule has 1 aliphatic rings. The summed E-state index contributed by atoms with van der Waals surface area (Å²) in [5, 5.41) is 2.90. The number of anilines is 1. The molecule has 1 fully saturated rings. The number of nitrogens with one attached hydrogen (secondary N) is 1. The molecule has 1 saturated heterocycles. The van der Waals surface area contributed by atoms with Crippen LogP contribution in [0.25, 0.3) is 0 Å². The Labute approximate surface area is 147 Å². The molecule has 1 aromatic carbocycles. The molecule has 1 amide bonds. The first kappa shape index (κ1) is 17.4. The summed E-state index contributed by atoms with van der Waals surface area (Å²) in [6.45, 7) is 5.43. The maximum Gasteiger partial charge on any atom is 0.269 e. The van der Waals surface area contributed by atoms with Crippen LogP contribution < -0.4 is 10.2 Å². The minimum Gasteiger partial charge on any atom is -0.369 e. The van der Waals surface area contributed by atoms with Crippen LogP contribution in [0, 0.1) is 5.82 Å². The number of hydrogen-bond acceptors (Lipinski definition) is 4. The molecule has 25 heavy (non-hydrogen) atoms. The topological polar surface area (TPSA) is 48.5 Å². The molecule has 2 heterocycles. The van der Waals surface area contributed by atoms with Crippen LogP contribution in [0.5, 0.6) is 0 Å². The third-order valence-electron chi connectivity index (χ3n) is 4.40. The molecule has 5 nitrogen and oxygen atoms in total. The second-order valence-electron chi connectivity index (χ2n) is 6.13. The molecule has 0 aliphatic carbocycles. The van der Waals surface area contributed by atoms with Crippen LogP contribution in [-0.2, 0) is 0 Å². The molecular formula is C19H23FN4O. The smallest absolute Gasteiger partial charge is 0.269 e. The third-order valence-corrected chi connectivity index (χ3v) is 4.40. The van der Waals surface area contributed by atoms with Crippen LogP contribution in [0.2, 0.25) is 0 Å². The van der Waals surface area contributed by atoms with E-state index >= 15 is 0 Å². The number of carbonyl (C=O) groups excluding carboxylic acids is 1. The Morgan fingerprint density at radius 3 is 2.52 bits per heavy atom. The normalized spacial score (nSPS) is 15.2. The van der Waals surface area contributed by atoms with Crippen molar-refractivity contribution in [2.75, 3.05) is 44.2 Å². The molecule has 0 spiro atoms. The monoisotopic (exact) mass is 342 g/mol. The van der Waals surface area contributed by atoms with Crippen LogP contribution in [-0.4, -0.2) is 55.1 Å². The number of rotatable bonds is 6. The number of nitrogens with zero attached hydrogens (tertiary/aromatic N) is 3. The highest BCUT2D eigenvalue weighted by Gasteiger charge is 2.16. The number of benzene rings is 1. The van der Waals surface area contributed by atoms with E-state index in [0.29, 0.717) is 12.2 Å². The van der Waals surface area contributed by atoms with Crippen molar-refractivity contribution in [3.8, 4) is 0 Å². The number of halogens is 1. The second kappa shape index (κ2) is 8.58. The Kier molecular flexibility index (Phi) is 5.95. The molecule has 1 aromatic heterocycles. The zero-order chi connectivity index (χ0) is 17.5. The van der Waals surface area contributed by atoms with E-state index in [1.807, 2.05) is 18.2 Å². The van der Waals surface area contributed by atoms with Gasteiger partial charge in [0.1, 0.15) is 11.5 Å². The fourth-order valence-corrected chi connectivity index (χ4v) is 2.97. The van der Waals surface area contributed by atoms with Gasteiger partial charge in [-0.15, -0.1) is 0 Å². The summed E-state index contributed by atoms with van der Waals surface area (Å²) < 4.78 is 13.0. The van der Waals surface area contributed by atoms with Crippen molar-refractivity contribution in [2.24, 2.45) is 0 Å². The van der Waals surface area contributed by atoms with E-state index in [2.05, 4.69) is 20.1 Å². The molecule has 1 aliphatic heterocycles. The van der Waals surface area contributed by atoms with Gasteiger partial charge in [0, 0.05) is 44.6 Å². The molecule has 6 heteroatoms. The quantitative estimate of drug-likeness (QED) is 0.818. The van der Waals surface area contributed by atoms with E-state index < -0.39 is 0 Å². The van der Waals surface area contributed by atoms with Gasteiger partial charge in [0.25, 0.3) is 5.91 Å². The number of pyridine rings is 1. The van der Waals surface area contributed by atoms with Crippen LogP contribution in [0.15, 0.2) is 48.7 Å². The molecule has 0 atom stereocenters. The highest BCUT2D eigenvalue weighted by atomic mass is 19.1. The van der Waals surface area contributed by atoms with Crippen LogP contribution in [0.3, 0.4) is 0 Å². The maximum absolute atomic E-state index is 13.0. The van der Waals surface area contributed by atoms with E-state index in [9.17, 15) is 9.18 Å². The van der Waals surface area contributed by atoms with Gasteiger partial charge in [0.05, 0.1) is 0 Å². The first-order chi connectivity index (χ1) is 12.2. The second-order valence-corrected chi connectivity index (χ2v) is 6.13. The molecular weight excluding hydrogens is 319 g/mol. The van der Waals surface area contributed by atoms with Gasteiger partial charge in [-0.3, -0.25) is 14.7 Å². The first-order valence-corrected chi connectivity index (χ1v) is 8.64. The van der Waals surface area contributed by atoms with Crippen molar-refractivity contribution >= 4 is 11.6 Å². The maximum atomic E-state index is 13.0. The molecule has 132 valence electrons. The number of aromatic nitrogens is 1. The molecule has 0 radical (unpaired) electrons. The standard InChI is InChI=1S/C19H23FN4O/c20-16-5-7-17(8-6-16)24-14-12-23(13-15-24)11-3-10-22-19(25)18-4-1-2-9-21-18/h1-2,4-9H,3,10-15H2,(H,22,25). The zero-order valence-electron chi connectivity index (χ0n) is 14.2. The van der Waals surface area contributed by atoms with Gasteiger partial charge < -0.3 is 10.2 Å². The molecule has 0 bridgehead atoms. The Morgan fingerprint density at radius 2 is 1.84 bits per heavy atom. The van der Waals surface area contributed by atoms with Crippen LogP contribution in [0.4, 0.5) is 10.1 Å².